The molecule has 0 aromatic rings. The predicted octanol–water partition coefficient (Wildman–Crippen LogP) is 3.13. The minimum Gasteiger partial charge on any atom is -0.379 e. The first-order valence-electron chi connectivity index (χ1n) is 8.68. The van der Waals surface area contributed by atoms with Gasteiger partial charge in [0.25, 0.3) is 0 Å². The highest BCUT2D eigenvalue weighted by Gasteiger charge is 2.29. The molecule has 0 saturated heterocycles. The zero-order chi connectivity index (χ0) is 15.4. The summed E-state index contributed by atoms with van der Waals surface area (Å²) in [6.45, 7) is 8.72. The van der Waals surface area contributed by atoms with E-state index in [0.29, 0.717) is 26.4 Å². The molecular weight excluding hydrogens is 266 g/mol. The topological polar surface area (TPSA) is 53.7 Å². The molecule has 0 atom stereocenters. The van der Waals surface area contributed by atoms with E-state index < -0.39 is 0 Å². The Labute approximate surface area is 130 Å². The summed E-state index contributed by atoms with van der Waals surface area (Å²) in [5.74, 6) is 0.843. The summed E-state index contributed by atoms with van der Waals surface area (Å²) >= 11 is 0. The van der Waals surface area contributed by atoms with Crippen molar-refractivity contribution in [2.24, 2.45) is 11.7 Å². The summed E-state index contributed by atoms with van der Waals surface area (Å²) in [6.07, 6.45) is 8.08. The van der Waals surface area contributed by atoms with Crippen molar-refractivity contribution >= 4 is 0 Å². The number of hydrogen-bond acceptors (Lipinski definition) is 4. The predicted molar refractivity (Wildman–Crippen MR) is 86.5 cm³/mol. The highest BCUT2D eigenvalue weighted by molar-refractivity contribution is 4.88. The van der Waals surface area contributed by atoms with Crippen LogP contribution in [0.3, 0.4) is 0 Å². The normalized spacial score (nSPS) is 26.1. The highest BCUT2D eigenvalue weighted by Crippen LogP contribution is 2.32. The third kappa shape index (κ3) is 9.46. The number of unbranched alkanes of at least 4 members (excludes halogenated alkanes) is 1. The lowest BCUT2D eigenvalue weighted by Gasteiger charge is -2.36. The Kier molecular flexibility index (Phi) is 10.3. The van der Waals surface area contributed by atoms with E-state index >= 15 is 0 Å². The molecule has 1 aliphatic rings. The molecule has 0 aromatic carbocycles. The molecule has 2 N–H and O–H groups in total. The van der Waals surface area contributed by atoms with Gasteiger partial charge in [-0.1, -0.05) is 20.3 Å². The molecule has 4 nitrogen and oxygen atoms in total. The third-order valence-corrected chi connectivity index (χ3v) is 4.40. The van der Waals surface area contributed by atoms with Crippen LogP contribution in [-0.2, 0) is 14.2 Å². The van der Waals surface area contributed by atoms with E-state index in [9.17, 15) is 0 Å². The van der Waals surface area contributed by atoms with Crippen molar-refractivity contribution in [3.05, 3.63) is 0 Å². The molecule has 0 spiro atoms. The second kappa shape index (κ2) is 11.4. The first-order chi connectivity index (χ1) is 10.2. The molecule has 21 heavy (non-hydrogen) atoms. The maximum Gasteiger partial charge on any atom is 0.0701 e. The molecule has 1 saturated carbocycles. The van der Waals surface area contributed by atoms with Crippen molar-refractivity contribution < 1.29 is 14.2 Å². The molecule has 0 aliphatic heterocycles. The van der Waals surface area contributed by atoms with Crippen molar-refractivity contribution in [2.45, 2.75) is 64.3 Å². The van der Waals surface area contributed by atoms with E-state index in [0.717, 1.165) is 44.8 Å². The van der Waals surface area contributed by atoms with Gasteiger partial charge in [-0.15, -0.1) is 0 Å². The van der Waals surface area contributed by atoms with Crippen LogP contribution in [0.1, 0.15) is 58.8 Å². The van der Waals surface area contributed by atoms with E-state index in [4.69, 9.17) is 19.9 Å². The van der Waals surface area contributed by atoms with Crippen LogP contribution >= 0.6 is 0 Å². The molecule has 1 aliphatic carbocycles. The van der Waals surface area contributed by atoms with E-state index in [2.05, 4.69) is 13.8 Å². The second-order valence-electron chi connectivity index (χ2n) is 6.49. The van der Waals surface area contributed by atoms with E-state index in [1.165, 1.54) is 19.3 Å². The first kappa shape index (κ1) is 18.9. The van der Waals surface area contributed by atoms with Crippen molar-refractivity contribution in [1.82, 2.24) is 0 Å². The van der Waals surface area contributed by atoms with Gasteiger partial charge in [-0.25, -0.2) is 0 Å². The zero-order valence-corrected chi connectivity index (χ0v) is 14.1. The maximum atomic E-state index is 6.41. The molecule has 4 heteroatoms. The van der Waals surface area contributed by atoms with Gasteiger partial charge in [0.2, 0.25) is 0 Å². The SMILES string of the molecule is CCCCOCCOCCOCCC1(N)CCC(C)CC1. The Bertz CT molecular complexity index is 240. The molecule has 0 heterocycles. The molecule has 1 rings (SSSR count). The fourth-order valence-corrected chi connectivity index (χ4v) is 2.65. The third-order valence-electron chi connectivity index (χ3n) is 4.40. The van der Waals surface area contributed by atoms with Crippen LogP contribution in [0.15, 0.2) is 0 Å². The fraction of sp³-hybridized carbons (Fsp3) is 1.00. The highest BCUT2D eigenvalue weighted by atomic mass is 16.5. The molecule has 0 radical (unpaired) electrons. The summed E-state index contributed by atoms with van der Waals surface area (Å²) in [4.78, 5) is 0. The molecule has 0 bridgehead atoms. The minimum atomic E-state index is 0.0144. The van der Waals surface area contributed by atoms with E-state index in [1.807, 2.05) is 0 Å². The van der Waals surface area contributed by atoms with Gasteiger partial charge in [-0.2, -0.15) is 0 Å². The Hall–Kier alpha value is -0.160. The van der Waals surface area contributed by atoms with Crippen LogP contribution in [-0.4, -0.2) is 45.2 Å². The van der Waals surface area contributed by atoms with E-state index in [-0.39, 0.29) is 5.54 Å². The summed E-state index contributed by atoms with van der Waals surface area (Å²) in [5, 5.41) is 0. The van der Waals surface area contributed by atoms with Crippen LogP contribution in [0.25, 0.3) is 0 Å². The van der Waals surface area contributed by atoms with Crippen LogP contribution in [0.5, 0.6) is 0 Å². The standard InChI is InChI=1S/C17H35NO3/c1-3-4-10-19-12-14-21-15-13-20-11-9-17(18)7-5-16(2)6-8-17/h16H,3-15,18H2,1-2H3. The quantitative estimate of drug-likeness (QED) is 0.563. The zero-order valence-electron chi connectivity index (χ0n) is 14.1. The van der Waals surface area contributed by atoms with Gasteiger partial charge >= 0.3 is 0 Å². The number of hydrogen-bond donors (Lipinski definition) is 1. The molecule has 0 aromatic heterocycles. The second-order valence-corrected chi connectivity index (χ2v) is 6.49. The Morgan fingerprint density at radius 2 is 1.43 bits per heavy atom. The van der Waals surface area contributed by atoms with Crippen molar-refractivity contribution in [3.8, 4) is 0 Å². The number of rotatable bonds is 12. The average Bonchev–Trinajstić information content (AvgIpc) is 2.48. The molecule has 0 unspecified atom stereocenters. The lowest BCUT2D eigenvalue weighted by Crippen LogP contribution is -2.44. The molecule has 1 fully saturated rings. The lowest BCUT2D eigenvalue weighted by molar-refractivity contribution is 0.00964. The van der Waals surface area contributed by atoms with E-state index in [1.54, 1.807) is 0 Å². The van der Waals surface area contributed by atoms with Gasteiger partial charge in [0, 0.05) is 18.8 Å². The monoisotopic (exact) mass is 301 g/mol. The van der Waals surface area contributed by atoms with Gasteiger partial charge in [-0.05, 0) is 44.4 Å². The first-order valence-corrected chi connectivity index (χ1v) is 8.68. The number of ether oxygens (including phenoxy) is 3. The summed E-state index contributed by atoms with van der Waals surface area (Å²) in [5.41, 5.74) is 6.43. The summed E-state index contributed by atoms with van der Waals surface area (Å²) in [7, 11) is 0. The molecule has 126 valence electrons. The lowest BCUT2D eigenvalue weighted by atomic mass is 9.76. The molecule has 0 amide bonds. The Morgan fingerprint density at radius 1 is 0.905 bits per heavy atom. The van der Waals surface area contributed by atoms with Gasteiger partial charge in [0.1, 0.15) is 0 Å². The van der Waals surface area contributed by atoms with Crippen molar-refractivity contribution in [3.63, 3.8) is 0 Å². The van der Waals surface area contributed by atoms with Gasteiger partial charge in [-0.3, -0.25) is 0 Å². The Morgan fingerprint density at radius 3 is 2.00 bits per heavy atom. The molecular formula is C17H35NO3. The van der Waals surface area contributed by atoms with Gasteiger partial charge in [0.05, 0.1) is 26.4 Å². The summed E-state index contributed by atoms with van der Waals surface area (Å²) in [6, 6.07) is 0. The smallest absolute Gasteiger partial charge is 0.0701 e. The van der Waals surface area contributed by atoms with Crippen LogP contribution in [0.4, 0.5) is 0 Å². The van der Waals surface area contributed by atoms with Gasteiger partial charge < -0.3 is 19.9 Å². The Balaban J connectivity index is 1.84. The minimum absolute atomic E-state index is 0.0144. The van der Waals surface area contributed by atoms with Crippen LogP contribution in [0.2, 0.25) is 0 Å². The van der Waals surface area contributed by atoms with Gasteiger partial charge in [0.15, 0.2) is 0 Å². The fourth-order valence-electron chi connectivity index (χ4n) is 2.65. The van der Waals surface area contributed by atoms with Crippen LogP contribution < -0.4 is 5.73 Å². The largest absolute Gasteiger partial charge is 0.379 e. The van der Waals surface area contributed by atoms with Crippen molar-refractivity contribution in [1.29, 1.82) is 0 Å². The average molecular weight is 301 g/mol. The number of nitrogens with two attached hydrogens (primary N) is 1. The van der Waals surface area contributed by atoms with Crippen LogP contribution in [0, 0.1) is 5.92 Å². The van der Waals surface area contributed by atoms with Crippen molar-refractivity contribution in [2.75, 3.05) is 39.6 Å². The maximum absolute atomic E-state index is 6.41. The summed E-state index contributed by atoms with van der Waals surface area (Å²) < 4.78 is 16.5.